The van der Waals surface area contributed by atoms with E-state index in [4.69, 9.17) is 9.47 Å². The van der Waals surface area contributed by atoms with Crippen LogP contribution in [0.2, 0.25) is 0 Å². The number of aliphatic hydroxyl groups excluding tert-OH is 1. The van der Waals surface area contributed by atoms with Gasteiger partial charge in [0.1, 0.15) is 11.8 Å². The van der Waals surface area contributed by atoms with Gasteiger partial charge in [0.05, 0.1) is 32.2 Å². The Morgan fingerprint density at radius 2 is 1.87 bits per heavy atom. The average molecular weight is 431 g/mol. The minimum absolute atomic E-state index is 0.0205. The fourth-order valence-corrected chi connectivity index (χ4v) is 4.69. The summed E-state index contributed by atoms with van der Waals surface area (Å²) in [6.45, 7) is 3.66. The zero-order chi connectivity index (χ0) is 22.5. The molecule has 5 atom stereocenters. The number of hydrogen-bond donors (Lipinski definition) is 2. The van der Waals surface area contributed by atoms with E-state index < -0.39 is 29.8 Å². The molecule has 1 aromatic rings. The monoisotopic (exact) mass is 430 g/mol. The number of allylic oxidation sites excluding steroid dienone is 1. The van der Waals surface area contributed by atoms with Gasteiger partial charge in [-0.2, -0.15) is 0 Å². The zero-order valence-corrected chi connectivity index (χ0v) is 18.1. The van der Waals surface area contributed by atoms with Crippen LogP contribution in [-0.4, -0.2) is 60.7 Å². The molecule has 1 aliphatic heterocycles. The Labute approximate surface area is 182 Å². The third-order valence-electron chi connectivity index (χ3n) is 6.11. The molecular weight excluding hydrogens is 400 g/mol. The molecule has 1 aromatic carbocycles. The van der Waals surface area contributed by atoms with Crippen LogP contribution in [0, 0.1) is 23.7 Å². The molecule has 3 rings (SSSR count). The van der Waals surface area contributed by atoms with Crippen LogP contribution in [0.3, 0.4) is 0 Å². The normalized spacial score (nSPS) is 27.0. The molecule has 8 nitrogen and oxygen atoms in total. The van der Waals surface area contributed by atoms with Crippen LogP contribution in [-0.2, 0) is 19.1 Å². The quantitative estimate of drug-likeness (QED) is 0.482. The molecule has 1 aliphatic carbocycles. The Balaban J connectivity index is 1.92. The second-order valence-corrected chi connectivity index (χ2v) is 7.76. The summed E-state index contributed by atoms with van der Waals surface area (Å²) in [4.78, 5) is 40.7. The predicted molar refractivity (Wildman–Crippen MR) is 114 cm³/mol. The second kappa shape index (κ2) is 9.96. The Kier molecular flexibility index (Phi) is 7.33. The Hall–Kier alpha value is -2.87. The molecule has 1 heterocycles. The van der Waals surface area contributed by atoms with Crippen molar-refractivity contribution in [1.82, 2.24) is 4.90 Å². The van der Waals surface area contributed by atoms with Crippen LogP contribution in [0.5, 0.6) is 5.75 Å². The molecule has 8 heteroatoms. The maximum atomic E-state index is 13.3. The van der Waals surface area contributed by atoms with E-state index in [0.29, 0.717) is 17.9 Å². The number of fused-ring (bicyclic) bond motifs is 1. The molecule has 0 saturated carbocycles. The fraction of sp³-hybridized carbons (Fsp3) is 0.522. The number of carbonyl (C=O) groups excluding carboxylic acids is 3. The van der Waals surface area contributed by atoms with Gasteiger partial charge in [0.2, 0.25) is 11.8 Å². The number of anilines is 1. The van der Waals surface area contributed by atoms with E-state index in [-0.39, 0.29) is 37.5 Å². The number of rotatable bonds is 8. The summed E-state index contributed by atoms with van der Waals surface area (Å²) in [5.74, 6) is -2.36. The minimum atomic E-state index is -0.822. The number of nitrogens with zero attached hydrogens (tertiary/aromatic N) is 1. The number of likely N-dealkylation sites (tertiary alicyclic amines) is 1. The summed E-state index contributed by atoms with van der Waals surface area (Å²) in [6.07, 6.45) is 4.48. The van der Waals surface area contributed by atoms with E-state index in [1.807, 2.05) is 19.1 Å². The minimum Gasteiger partial charge on any atom is -0.497 e. The second-order valence-electron chi connectivity index (χ2n) is 7.76. The van der Waals surface area contributed by atoms with Crippen molar-refractivity contribution in [3.8, 4) is 5.75 Å². The maximum Gasteiger partial charge on any atom is 0.310 e. The highest BCUT2D eigenvalue weighted by Crippen LogP contribution is 2.45. The van der Waals surface area contributed by atoms with E-state index in [1.54, 1.807) is 38.3 Å². The number of benzene rings is 1. The third-order valence-corrected chi connectivity index (χ3v) is 6.11. The summed E-state index contributed by atoms with van der Waals surface area (Å²) in [5, 5.41) is 12.4. The molecule has 31 heavy (non-hydrogen) atoms. The topological polar surface area (TPSA) is 105 Å². The van der Waals surface area contributed by atoms with Gasteiger partial charge in [0.15, 0.2) is 0 Å². The van der Waals surface area contributed by atoms with Crippen molar-refractivity contribution < 1.29 is 29.0 Å². The summed E-state index contributed by atoms with van der Waals surface area (Å²) in [6, 6.07) is 6.07. The Bertz CT molecular complexity index is 837. The van der Waals surface area contributed by atoms with Gasteiger partial charge in [-0.05, 0) is 43.5 Å². The molecule has 2 aliphatic rings. The van der Waals surface area contributed by atoms with Crippen molar-refractivity contribution in [2.24, 2.45) is 23.7 Å². The van der Waals surface area contributed by atoms with E-state index in [2.05, 4.69) is 5.32 Å². The number of nitrogens with one attached hydrogen (secondary N) is 1. The zero-order valence-electron chi connectivity index (χ0n) is 18.1. The number of methoxy groups -OCH3 is 1. The highest BCUT2D eigenvalue weighted by molar-refractivity contribution is 6.01. The van der Waals surface area contributed by atoms with Gasteiger partial charge >= 0.3 is 5.97 Å². The molecule has 0 spiro atoms. The van der Waals surface area contributed by atoms with E-state index in [1.165, 1.54) is 4.90 Å². The van der Waals surface area contributed by atoms with Crippen molar-refractivity contribution in [2.45, 2.75) is 26.3 Å². The maximum absolute atomic E-state index is 13.3. The highest BCUT2D eigenvalue weighted by Gasteiger charge is 2.57. The van der Waals surface area contributed by atoms with Gasteiger partial charge in [-0.25, -0.2) is 0 Å². The first-order valence-electron chi connectivity index (χ1n) is 10.7. The fourth-order valence-electron chi connectivity index (χ4n) is 4.69. The third kappa shape index (κ3) is 4.44. The number of β-amino-alcohol motifs (C(OH)–C–C–N with tert-alkyl or cyclic N) is 1. The van der Waals surface area contributed by atoms with Crippen molar-refractivity contribution in [2.75, 3.05) is 32.2 Å². The van der Waals surface area contributed by atoms with Crippen molar-refractivity contribution >= 4 is 23.5 Å². The van der Waals surface area contributed by atoms with Crippen LogP contribution >= 0.6 is 0 Å². The number of aliphatic hydroxyl groups is 1. The Morgan fingerprint density at radius 1 is 1.16 bits per heavy atom. The molecule has 0 unspecified atom stereocenters. The predicted octanol–water partition coefficient (Wildman–Crippen LogP) is 1.84. The first-order chi connectivity index (χ1) is 15.0. The molecular formula is C23H30N2O6. The smallest absolute Gasteiger partial charge is 0.310 e. The van der Waals surface area contributed by atoms with Gasteiger partial charge in [-0.15, -0.1) is 0 Å². The van der Waals surface area contributed by atoms with E-state index in [9.17, 15) is 19.5 Å². The number of amides is 2. The van der Waals surface area contributed by atoms with Crippen molar-refractivity contribution in [3.05, 3.63) is 36.4 Å². The lowest BCUT2D eigenvalue weighted by Crippen LogP contribution is -2.45. The molecule has 0 bridgehead atoms. The van der Waals surface area contributed by atoms with Crippen LogP contribution < -0.4 is 10.1 Å². The molecule has 2 N–H and O–H groups in total. The molecule has 2 amide bonds. The van der Waals surface area contributed by atoms with Crippen LogP contribution in [0.1, 0.15) is 20.3 Å². The number of ether oxygens (including phenoxy) is 2. The molecule has 168 valence electrons. The van der Waals surface area contributed by atoms with Crippen LogP contribution in [0.4, 0.5) is 5.69 Å². The first-order valence-corrected chi connectivity index (χ1v) is 10.7. The molecule has 0 radical (unpaired) electrons. The molecule has 0 aromatic heterocycles. The van der Waals surface area contributed by atoms with Crippen molar-refractivity contribution in [3.63, 3.8) is 0 Å². The number of hydrogen-bond acceptors (Lipinski definition) is 6. The largest absolute Gasteiger partial charge is 0.497 e. The number of esters is 1. The van der Waals surface area contributed by atoms with Crippen LogP contribution in [0.15, 0.2) is 36.4 Å². The first kappa shape index (κ1) is 22.8. The van der Waals surface area contributed by atoms with Crippen molar-refractivity contribution in [1.29, 1.82) is 0 Å². The van der Waals surface area contributed by atoms with Crippen LogP contribution in [0.25, 0.3) is 0 Å². The summed E-state index contributed by atoms with van der Waals surface area (Å²) in [7, 11) is 1.56. The van der Waals surface area contributed by atoms with Gasteiger partial charge < -0.3 is 24.8 Å². The number of carbonyl (C=O) groups is 3. The molecule has 1 fully saturated rings. The summed E-state index contributed by atoms with van der Waals surface area (Å²) < 4.78 is 10.4. The van der Waals surface area contributed by atoms with Gasteiger partial charge in [-0.3, -0.25) is 14.4 Å². The standard InChI is InChI=1S/C23H30N2O6/c1-4-14-6-11-17-19(18(14)23(29)31-5-2)22(28)25(12-13-26)20(17)21(27)24-15-7-9-16(30-3)10-8-15/h6-11,14,17-20,26H,4-5,12-13H2,1-3H3,(H,24,27)/t14-,17+,18-,19-,20+/m1/s1. The van der Waals surface area contributed by atoms with E-state index >= 15 is 0 Å². The Morgan fingerprint density at radius 3 is 2.45 bits per heavy atom. The summed E-state index contributed by atoms with van der Waals surface area (Å²) in [5.41, 5.74) is 0.568. The average Bonchev–Trinajstić information content (AvgIpc) is 3.05. The van der Waals surface area contributed by atoms with E-state index in [0.717, 1.165) is 0 Å². The summed E-state index contributed by atoms with van der Waals surface area (Å²) >= 11 is 0. The highest BCUT2D eigenvalue weighted by atomic mass is 16.5. The van der Waals surface area contributed by atoms with Gasteiger partial charge in [-0.1, -0.05) is 19.1 Å². The van der Waals surface area contributed by atoms with Gasteiger partial charge in [0, 0.05) is 18.2 Å². The lowest BCUT2D eigenvalue weighted by molar-refractivity contribution is -0.155. The SMILES string of the molecule is CCOC(=O)[C@H]1[C@@H]2C(=O)N(CCO)[C@H](C(=O)Nc3ccc(OC)cc3)[C@H]2C=C[C@H]1CC. The lowest BCUT2D eigenvalue weighted by Gasteiger charge is -2.33. The van der Waals surface area contributed by atoms with Gasteiger partial charge in [0.25, 0.3) is 0 Å². The molecule has 1 saturated heterocycles. The lowest BCUT2D eigenvalue weighted by atomic mass is 9.69.